The number of carbonyl (C=O) groups excluding carboxylic acids is 4. The van der Waals surface area contributed by atoms with Crippen molar-refractivity contribution in [2.75, 3.05) is 39.6 Å². The number of allylic oxidation sites excluding steroid dienone is 10. The van der Waals surface area contributed by atoms with Gasteiger partial charge in [-0.2, -0.15) is 0 Å². The molecule has 0 aliphatic carbocycles. The molecular weight excluding hydrogens is 1280 g/mol. The molecule has 5 atom stereocenters. The van der Waals surface area contributed by atoms with Crippen LogP contribution in [0.4, 0.5) is 0 Å². The molecule has 0 aromatic heterocycles. The minimum atomic E-state index is -4.98. The number of hydrogen-bond acceptors (Lipinski definition) is 15. The number of unbranched alkanes of at least 4 members (excludes halogenated alkanes) is 39. The van der Waals surface area contributed by atoms with Crippen molar-refractivity contribution in [3.63, 3.8) is 0 Å². The van der Waals surface area contributed by atoms with E-state index in [1.165, 1.54) is 135 Å². The summed E-state index contributed by atoms with van der Waals surface area (Å²) in [7, 11) is -9.95. The second-order valence-electron chi connectivity index (χ2n) is 26.7. The molecule has 0 spiro atoms. The summed E-state index contributed by atoms with van der Waals surface area (Å²) in [5.74, 6) is -2.18. The Morgan fingerprint density at radius 3 is 0.786 bits per heavy atom. The van der Waals surface area contributed by atoms with Gasteiger partial charge in [-0.1, -0.05) is 281 Å². The fraction of sp³-hybridized carbons (Fsp3) is 0.823. The molecule has 3 N–H and O–H groups in total. The molecule has 98 heavy (non-hydrogen) atoms. The Labute approximate surface area is 597 Å². The van der Waals surface area contributed by atoms with Crippen molar-refractivity contribution in [2.24, 2.45) is 0 Å². The van der Waals surface area contributed by atoms with Crippen LogP contribution in [-0.4, -0.2) is 96.7 Å². The van der Waals surface area contributed by atoms with E-state index in [4.69, 9.17) is 37.0 Å². The lowest BCUT2D eigenvalue weighted by Gasteiger charge is -2.21. The van der Waals surface area contributed by atoms with Crippen LogP contribution in [0.3, 0.4) is 0 Å². The van der Waals surface area contributed by atoms with E-state index in [2.05, 4.69) is 88.5 Å². The molecular formula is C79H144O17P2. The van der Waals surface area contributed by atoms with Gasteiger partial charge in [-0.05, 0) is 116 Å². The molecule has 0 saturated carbocycles. The van der Waals surface area contributed by atoms with E-state index in [-0.39, 0.29) is 25.7 Å². The van der Waals surface area contributed by atoms with Crippen molar-refractivity contribution in [2.45, 2.75) is 380 Å². The molecule has 0 rings (SSSR count). The van der Waals surface area contributed by atoms with E-state index in [0.29, 0.717) is 25.7 Å². The van der Waals surface area contributed by atoms with E-state index in [1.807, 2.05) is 0 Å². The van der Waals surface area contributed by atoms with Gasteiger partial charge >= 0.3 is 39.5 Å². The van der Waals surface area contributed by atoms with Gasteiger partial charge in [-0.3, -0.25) is 37.3 Å². The Hall–Kier alpha value is -3.24. The first-order valence-corrected chi connectivity index (χ1v) is 42.5. The van der Waals surface area contributed by atoms with E-state index < -0.39 is 97.5 Å². The quantitative estimate of drug-likeness (QED) is 0.0169. The minimum Gasteiger partial charge on any atom is -0.462 e. The zero-order chi connectivity index (χ0) is 71.8. The Kier molecular flexibility index (Phi) is 69.7. The normalized spacial score (nSPS) is 14.2. The monoisotopic (exact) mass is 1430 g/mol. The topological polar surface area (TPSA) is 237 Å². The molecule has 0 aliphatic rings. The molecule has 0 bridgehead atoms. The molecule has 0 saturated heterocycles. The first-order chi connectivity index (χ1) is 47.7. The number of phosphoric acid groups is 2. The summed E-state index contributed by atoms with van der Waals surface area (Å²) < 4.78 is 68.5. The van der Waals surface area contributed by atoms with Crippen molar-refractivity contribution in [1.29, 1.82) is 0 Å². The van der Waals surface area contributed by atoms with Crippen molar-refractivity contribution in [3.05, 3.63) is 60.8 Å². The van der Waals surface area contributed by atoms with Crippen molar-refractivity contribution in [1.82, 2.24) is 0 Å². The van der Waals surface area contributed by atoms with Crippen LogP contribution in [0.25, 0.3) is 0 Å². The predicted molar refractivity (Wildman–Crippen MR) is 400 cm³/mol. The summed E-state index contributed by atoms with van der Waals surface area (Å²) in [6.07, 6.45) is 70.5. The Balaban J connectivity index is 5.35. The van der Waals surface area contributed by atoms with Crippen molar-refractivity contribution < 1.29 is 80.2 Å². The molecule has 0 aromatic rings. The van der Waals surface area contributed by atoms with Crippen LogP contribution in [0, 0.1) is 0 Å². The van der Waals surface area contributed by atoms with Gasteiger partial charge in [0.2, 0.25) is 0 Å². The van der Waals surface area contributed by atoms with E-state index in [9.17, 15) is 43.2 Å². The molecule has 0 amide bonds. The highest BCUT2D eigenvalue weighted by molar-refractivity contribution is 7.47. The lowest BCUT2D eigenvalue weighted by molar-refractivity contribution is -0.161. The van der Waals surface area contributed by atoms with Gasteiger partial charge in [0.25, 0.3) is 0 Å². The molecule has 17 nitrogen and oxygen atoms in total. The maximum atomic E-state index is 13.1. The molecule has 0 fully saturated rings. The second kappa shape index (κ2) is 72.1. The van der Waals surface area contributed by atoms with Crippen molar-refractivity contribution >= 4 is 39.5 Å². The minimum absolute atomic E-state index is 0.0791. The number of aliphatic hydroxyl groups is 1. The van der Waals surface area contributed by atoms with Gasteiger partial charge in [0.05, 0.1) is 26.4 Å². The van der Waals surface area contributed by atoms with Gasteiger partial charge in [0.15, 0.2) is 12.2 Å². The van der Waals surface area contributed by atoms with Gasteiger partial charge in [-0.15, -0.1) is 0 Å². The average molecular weight is 1430 g/mol. The predicted octanol–water partition coefficient (Wildman–Crippen LogP) is 22.7. The number of carbonyl (C=O) groups is 4. The van der Waals surface area contributed by atoms with E-state index in [1.54, 1.807) is 0 Å². The molecule has 2 unspecified atom stereocenters. The standard InChI is InChI=1S/C79H144O17P2/c1-5-9-13-17-21-25-29-33-36-40-44-48-52-56-60-64-77(82)90-70-75(96-79(84)66-62-58-54-50-46-42-38-35-31-27-23-19-15-11-7-3)72-94-98(87,88)92-68-73(80)67-91-97(85,86)93-71-74(69-89-76(81)63-59-55-51-47-43-39-32-28-24-20-16-12-8-4)95-78(83)65-61-57-53-49-45-41-37-34-30-26-22-18-14-10-6-2/h21,23,25,27,33-38,73-75,80H,5-20,22,24,26,28-32,39-72H2,1-4H3,(H,85,86)(H,87,88)/b25-21-,27-23-,36-33-,37-34-,38-35-/t73-,74-,75-/m1/s1. The average Bonchev–Trinajstić information content (AvgIpc) is 1.04. The summed E-state index contributed by atoms with van der Waals surface area (Å²) in [6.45, 7) is 4.84. The number of phosphoric ester groups is 2. The smallest absolute Gasteiger partial charge is 0.462 e. The molecule has 572 valence electrons. The largest absolute Gasteiger partial charge is 0.472 e. The highest BCUT2D eigenvalue weighted by atomic mass is 31.2. The number of aliphatic hydroxyl groups excluding tert-OH is 1. The Morgan fingerprint density at radius 1 is 0.286 bits per heavy atom. The second-order valence-corrected chi connectivity index (χ2v) is 29.6. The Morgan fingerprint density at radius 2 is 0.500 bits per heavy atom. The summed E-state index contributed by atoms with van der Waals surface area (Å²) in [5, 5.41) is 10.6. The molecule has 0 radical (unpaired) electrons. The van der Waals surface area contributed by atoms with Gasteiger partial charge in [-0.25, -0.2) is 9.13 Å². The van der Waals surface area contributed by atoms with Crippen LogP contribution >= 0.6 is 15.6 Å². The van der Waals surface area contributed by atoms with Crippen LogP contribution in [0.15, 0.2) is 60.8 Å². The third-order valence-corrected chi connectivity index (χ3v) is 18.9. The first kappa shape index (κ1) is 94.8. The van der Waals surface area contributed by atoms with Gasteiger partial charge in [0, 0.05) is 25.7 Å². The molecule has 0 heterocycles. The molecule has 19 heteroatoms. The number of hydrogen-bond donors (Lipinski definition) is 3. The number of ether oxygens (including phenoxy) is 4. The maximum Gasteiger partial charge on any atom is 0.472 e. The lowest BCUT2D eigenvalue weighted by atomic mass is 10.0. The first-order valence-electron chi connectivity index (χ1n) is 39.5. The van der Waals surface area contributed by atoms with Crippen LogP contribution < -0.4 is 0 Å². The highest BCUT2D eigenvalue weighted by Gasteiger charge is 2.30. The summed E-state index contributed by atoms with van der Waals surface area (Å²) in [4.78, 5) is 72.9. The van der Waals surface area contributed by atoms with Crippen LogP contribution in [0.5, 0.6) is 0 Å². The van der Waals surface area contributed by atoms with Gasteiger partial charge in [0.1, 0.15) is 19.3 Å². The third-order valence-electron chi connectivity index (χ3n) is 17.0. The van der Waals surface area contributed by atoms with E-state index in [0.717, 1.165) is 148 Å². The fourth-order valence-corrected chi connectivity index (χ4v) is 12.4. The summed E-state index contributed by atoms with van der Waals surface area (Å²) >= 11 is 0. The van der Waals surface area contributed by atoms with Crippen LogP contribution in [0.2, 0.25) is 0 Å². The van der Waals surface area contributed by atoms with Gasteiger partial charge < -0.3 is 33.8 Å². The summed E-state index contributed by atoms with van der Waals surface area (Å²) in [5.41, 5.74) is 0. The van der Waals surface area contributed by atoms with Crippen molar-refractivity contribution in [3.8, 4) is 0 Å². The van der Waals surface area contributed by atoms with Crippen LogP contribution in [-0.2, 0) is 65.4 Å². The highest BCUT2D eigenvalue weighted by Crippen LogP contribution is 2.45. The fourth-order valence-electron chi connectivity index (χ4n) is 10.9. The molecule has 0 aromatic carbocycles. The zero-order valence-electron chi connectivity index (χ0n) is 62.5. The summed E-state index contributed by atoms with van der Waals surface area (Å²) in [6, 6.07) is 0. The third kappa shape index (κ3) is 71.2. The van der Waals surface area contributed by atoms with Crippen LogP contribution in [0.1, 0.15) is 362 Å². The van der Waals surface area contributed by atoms with E-state index >= 15 is 0 Å². The zero-order valence-corrected chi connectivity index (χ0v) is 64.3. The molecule has 0 aliphatic heterocycles. The SMILES string of the molecule is CCCCC/C=C\C/C=C\CCCCCCCC(=O)OC[C@H](COP(=O)(O)OC[C@H](O)COP(=O)(O)OC[C@@H](COC(=O)CCCCCCCCCCCCCCC)OC(=O)CCCCCCC/C=C\CCCCCCCC)OC(=O)CCCCCCC/C=C\C/C=C\CCCCC. The maximum absolute atomic E-state index is 13.1. The number of esters is 4. The number of rotatable bonds is 75. The lowest BCUT2D eigenvalue weighted by Crippen LogP contribution is -2.30. The Bertz CT molecular complexity index is 2100.